The van der Waals surface area contributed by atoms with E-state index in [-0.39, 0.29) is 5.91 Å². The van der Waals surface area contributed by atoms with Crippen LogP contribution in [-0.4, -0.2) is 31.7 Å². The normalized spacial score (nSPS) is 10.2. The first-order valence-electron chi connectivity index (χ1n) is 8.59. The van der Waals surface area contributed by atoms with Gasteiger partial charge in [0, 0.05) is 23.2 Å². The second-order valence-electron chi connectivity index (χ2n) is 5.78. The van der Waals surface area contributed by atoms with Crippen molar-refractivity contribution in [3.8, 4) is 22.8 Å². The van der Waals surface area contributed by atoms with E-state index in [0.717, 1.165) is 16.4 Å². The highest BCUT2D eigenvalue weighted by atomic mass is 32.1. The third-order valence-electron chi connectivity index (χ3n) is 4.00. The van der Waals surface area contributed by atoms with Gasteiger partial charge in [0.2, 0.25) is 0 Å². The average molecular weight is 395 g/mol. The summed E-state index contributed by atoms with van der Waals surface area (Å²) in [5.41, 5.74) is 2.87. The highest BCUT2D eigenvalue weighted by Crippen LogP contribution is 2.30. The number of carbonyl (C=O) groups excluding carboxylic acids is 1. The molecule has 0 aliphatic heterocycles. The molecule has 2 aromatic carbocycles. The molecule has 0 saturated heterocycles. The van der Waals surface area contributed by atoms with Crippen LogP contribution in [0, 0.1) is 0 Å². The largest absolute Gasteiger partial charge is 0.496 e. The van der Waals surface area contributed by atoms with E-state index in [1.165, 1.54) is 25.6 Å². The van der Waals surface area contributed by atoms with E-state index in [1.807, 2.05) is 29.6 Å². The molecule has 0 radical (unpaired) electrons. The molecule has 3 rings (SSSR count). The van der Waals surface area contributed by atoms with Crippen LogP contribution in [0.2, 0.25) is 0 Å². The Labute approximate surface area is 167 Å². The van der Waals surface area contributed by atoms with Gasteiger partial charge in [0.25, 0.3) is 5.91 Å². The Hall–Kier alpha value is -3.32. The molecule has 0 bridgehead atoms. The molecule has 0 spiro atoms. The van der Waals surface area contributed by atoms with E-state index >= 15 is 0 Å². The number of amides is 1. The van der Waals surface area contributed by atoms with Gasteiger partial charge in [-0.3, -0.25) is 4.79 Å². The van der Waals surface area contributed by atoms with Gasteiger partial charge < -0.3 is 20.1 Å². The Balaban J connectivity index is 1.75. The quantitative estimate of drug-likeness (QED) is 0.542. The smallest absolute Gasteiger partial charge is 0.263 e. The van der Waals surface area contributed by atoms with Gasteiger partial charge in [0.1, 0.15) is 17.1 Å². The first-order chi connectivity index (χ1) is 13.7. The van der Waals surface area contributed by atoms with Crippen molar-refractivity contribution in [1.29, 1.82) is 0 Å². The second-order valence-corrected chi connectivity index (χ2v) is 6.63. The molecule has 1 heterocycles. The minimum absolute atomic E-state index is 0.299. The highest BCUT2D eigenvalue weighted by molar-refractivity contribution is 7.14. The summed E-state index contributed by atoms with van der Waals surface area (Å²) in [6.45, 7) is 4.35. The summed E-state index contributed by atoms with van der Waals surface area (Å²) < 4.78 is 10.6. The maximum absolute atomic E-state index is 12.7. The number of benzene rings is 2. The molecule has 0 aliphatic rings. The van der Waals surface area contributed by atoms with Crippen LogP contribution in [0.5, 0.6) is 11.5 Å². The van der Waals surface area contributed by atoms with E-state index < -0.39 is 0 Å². The van der Waals surface area contributed by atoms with Crippen molar-refractivity contribution in [2.45, 2.75) is 0 Å². The number of aromatic nitrogens is 1. The third kappa shape index (κ3) is 4.32. The van der Waals surface area contributed by atoms with E-state index in [4.69, 9.17) is 9.47 Å². The number of hydrogen-bond acceptors (Lipinski definition) is 6. The number of nitrogens with one attached hydrogen (secondary N) is 2. The monoisotopic (exact) mass is 395 g/mol. The van der Waals surface area contributed by atoms with Crippen LogP contribution in [0.4, 0.5) is 10.8 Å². The minimum Gasteiger partial charge on any atom is -0.496 e. The van der Waals surface area contributed by atoms with Crippen LogP contribution in [0.1, 0.15) is 10.4 Å². The fourth-order valence-electron chi connectivity index (χ4n) is 2.64. The molecule has 0 fully saturated rings. The molecular weight excluding hydrogens is 374 g/mol. The van der Waals surface area contributed by atoms with Crippen molar-refractivity contribution in [2.24, 2.45) is 0 Å². The molecule has 28 heavy (non-hydrogen) atoms. The van der Waals surface area contributed by atoms with Crippen molar-refractivity contribution in [3.05, 3.63) is 66.1 Å². The van der Waals surface area contributed by atoms with Gasteiger partial charge in [-0.2, -0.15) is 0 Å². The van der Waals surface area contributed by atoms with Crippen molar-refractivity contribution >= 4 is 28.1 Å². The maximum Gasteiger partial charge on any atom is 0.263 e. The van der Waals surface area contributed by atoms with Crippen LogP contribution in [0.3, 0.4) is 0 Å². The number of thiazole rings is 1. The van der Waals surface area contributed by atoms with Gasteiger partial charge in [-0.25, -0.2) is 4.98 Å². The summed E-state index contributed by atoms with van der Waals surface area (Å²) in [6, 6.07) is 12.7. The number of anilines is 2. The highest BCUT2D eigenvalue weighted by Gasteiger charge is 2.18. The Kier molecular flexibility index (Phi) is 6.29. The molecule has 0 saturated carbocycles. The van der Waals surface area contributed by atoms with Crippen molar-refractivity contribution in [1.82, 2.24) is 4.98 Å². The van der Waals surface area contributed by atoms with Crippen LogP contribution in [0.25, 0.3) is 11.3 Å². The molecule has 3 aromatic rings. The standard InChI is InChI=1S/C21H21N3O3S/c1-4-12-22-21-24-16(13-28-21)14-8-10-15(11-9-14)23-20(25)19-17(26-2)6-5-7-18(19)27-3/h4-11,13H,1,12H2,2-3H3,(H,22,24)(H,23,25). The average Bonchev–Trinajstić information content (AvgIpc) is 3.21. The van der Waals surface area contributed by atoms with Gasteiger partial charge in [-0.1, -0.05) is 24.3 Å². The Morgan fingerprint density at radius 3 is 2.43 bits per heavy atom. The van der Waals surface area contributed by atoms with Crippen LogP contribution in [0.15, 0.2) is 60.5 Å². The van der Waals surface area contributed by atoms with Gasteiger partial charge in [0.15, 0.2) is 5.13 Å². The summed E-state index contributed by atoms with van der Waals surface area (Å²) in [5, 5.41) is 8.88. The van der Waals surface area contributed by atoms with Crippen molar-refractivity contribution < 1.29 is 14.3 Å². The summed E-state index contributed by atoms with van der Waals surface area (Å²) in [7, 11) is 3.04. The zero-order chi connectivity index (χ0) is 19.9. The first kappa shape index (κ1) is 19.4. The molecule has 0 atom stereocenters. The number of hydrogen-bond donors (Lipinski definition) is 2. The SMILES string of the molecule is C=CCNc1nc(-c2ccc(NC(=O)c3c(OC)cccc3OC)cc2)cs1. The number of methoxy groups -OCH3 is 2. The Morgan fingerprint density at radius 2 is 1.82 bits per heavy atom. The van der Waals surface area contributed by atoms with Crippen molar-refractivity contribution in [2.75, 3.05) is 31.4 Å². The molecule has 0 unspecified atom stereocenters. The molecule has 7 heteroatoms. The van der Waals surface area contributed by atoms with Gasteiger partial charge in [-0.15, -0.1) is 17.9 Å². The lowest BCUT2D eigenvalue weighted by molar-refractivity contribution is 0.102. The molecule has 6 nitrogen and oxygen atoms in total. The fourth-order valence-corrected chi connectivity index (χ4v) is 3.37. The zero-order valence-electron chi connectivity index (χ0n) is 15.7. The second kappa shape index (κ2) is 9.05. The number of nitrogens with zero attached hydrogens (tertiary/aromatic N) is 1. The van der Waals surface area contributed by atoms with Crippen molar-refractivity contribution in [3.63, 3.8) is 0 Å². The van der Waals surface area contributed by atoms with Gasteiger partial charge in [0.05, 0.1) is 19.9 Å². The molecule has 1 aromatic heterocycles. The maximum atomic E-state index is 12.7. The van der Waals surface area contributed by atoms with E-state index in [0.29, 0.717) is 29.3 Å². The molecule has 0 aliphatic carbocycles. The zero-order valence-corrected chi connectivity index (χ0v) is 16.5. The van der Waals surface area contributed by atoms with Gasteiger partial charge in [-0.05, 0) is 24.3 Å². The topological polar surface area (TPSA) is 72.5 Å². The minimum atomic E-state index is -0.299. The van der Waals surface area contributed by atoms with E-state index in [9.17, 15) is 4.79 Å². The molecule has 1 amide bonds. The summed E-state index contributed by atoms with van der Waals surface area (Å²) in [5.74, 6) is 0.609. The Morgan fingerprint density at radius 1 is 1.14 bits per heavy atom. The fraction of sp³-hybridized carbons (Fsp3) is 0.143. The molecule has 2 N–H and O–H groups in total. The first-order valence-corrected chi connectivity index (χ1v) is 9.47. The van der Waals surface area contributed by atoms with E-state index in [1.54, 1.807) is 24.3 Å². The predicted molar refractivity (Wildman–Crippen MR) is 114 cm³/mol. The lowest BCUT2D eigenvalue weighted by Crippen LogP contribution is -2.14. The van der Waals surface area contributed by atoms with E-state index in [2.05, 4.69) is 22.2 Å². The summed E-state index contributed by atoms with van der Waals surface area (Å²) >= 11 is 1.54. The van der Waals surface area contributed by atoms with Crippen LogP contribution in [-0.2, 0) is 0 Å². The van der Waals surface area contributed by atoms with Gasteiger partial charge >= 0.3 is 0 Å². The van der Waals surface area contributed by atoms with Crippen LogP contribution >= 0.6 is 11.3 Å². The number of ether oxygens (including phenoxy) is 2. The number of carbonyl (C=O) groups is 1. The lowest BCUT2D eigenvalue weighted by atomic mass is 10.1. The third-order valence-corrected chi connectivity index (χ3v) is 4.80. The predicted octanol–water partition coefficient (Wildman–Crippen LogP) is 4.68. The molecular formula is C21H21N3O3S. The van der Waals surface area contributed by atoms with Crippen LogP contribution < -0.4 is 20.1 Å². The number of rotatable bonds is 8. The molecule has 144 valence electrons. The summed E-state index contributed by atoms with van der Waals surface area (Å²) in [4.78, 5) is 17.3. The summed E-state index contributed by atoms with van der Waals surface area (Å²) in [6.07, 6.45) is 1.79. The Bertz CT molecular complexity index is 945. The lowest BCUT2D eigenvalue weighted by Gasteiger charge is -2.13.